The minimum absolute atomic E-state index is 0.185. The summed E-state index contributed by atoms with van der Waals surface area (Å²) in [5, 5.41) is 9.49. The smallest absolute Gasteiger partial charge is 0.0717 e. The van der Waals surface area contributed by atoms with Gasteiger partial charge in [0, 0.05) is 12.6 Å². The van der Waals surface area contributed by atoms with Gasteiger partial charge in [0.1, 0.15) is 0 Å². The Morgan fingerprint density at radius 1 is 1.38 bits per heavy atom. The van der Waals surface area contributed by atoms with Gasteiger partial charge in [-0.25, -0.2) is 0 Å². The molecule has 1 heterocycles. The number of hydrogen-bond donors (Lipinski definition) is 1. The molecule has 1 aliphatic rings. The van der Waals surface area contributed by atoms with Gasteiger partial charge in [0.25, 0.3) is 0 Å². The second kappa shape index (κ2) is 5.43. The topological polar surface area (TPSA) is 32.7 Å². The predicted molar refractivity (Wildman–Crippen MR) is 63.1 cm³/mol. The summed E-state index contributed by atoms with van der Waals surface area (Å²) in [7, 11) is 2.03. The van der Waals surface area contributed by atoms with Crippen LogP contribution in [0.4, 0.5) is 0 Å². The van der Waals surface area contributed by atoms with Crippen LogP contribution in [-0.2, 0) is 11.3 Å². The third-order valence-electron chi connectivity index (χ3n) is 3.09. The Hall–Kier alpha value is -0.900. The summed E-state index contributed by atoms with van der Waals surface area (Å²) in [6, 6.07) is 10.5. The zero-order chi connectivity index (χ0) is 11.4. The summed E-state index contributed by atoms with van der Waals surface area (Å²) in [5.74, 6) is 0. The predicted octanol–water partition coefficient (Wildman–Crippen LogP) is 1.27. The summed E-state index contributed by atoms with van der Waals surface area (Å²) >= 11 is 0. The highest BCUT2D eigenvalue weighted by molar-refractivity contribution is 5.13. The molecule has 1 aromatic carbocycles. The van der Waals surface area contributed by atoms with Crippen LogP contribution in [0.25, 0.3) is 0 Å². The number of hydrogen-bond acceptors (Lipinski definition) is 3. The number of rotatable bonds is 4. The van der Waals surface area contributed by atoms with Gasteiger partial charge in [-0.1, -0.05) is 30.3 Å². The Kier molecular flexibility index (Phi) is 3.93. The first-order valence-electron chi connectivity index (χ1n) is 5.75. The van der Waals surface area contributed by atoms with Crippen LogP contribution in [0.1, 0.15) is 12.0 Å². The van der Waals surface area contributed by atoms with Crippen molar-refractivity contribution in [2.75, 3.05) is 20.2 Å². The number of aliphatic hydroxyl groups excluding tert-OH is 1. The normalized spacial score (nSPS) is 26.1. The van der Waals surface area contributed by atoms with E-state index in [9.17, 15) is 5.11 Å². The van der Waals surface area contributed by atoms with Gasteiger partial charge in [0.15, 0.2) is 0 Å². The fourth-order valence-corrected chi connectivity index (χ4v) is 2.13. The van der Waals surface area contributed by atoms with Crippen LogP contribution in [0.3, 0.4) is 0 Å². The van der Waals surface area contributed by atoms with Crippen molar-refractivity contribution >= 4 is 0 Å². The molecule has 1 aromatic rings. The van der Waals surface area contributed by atoms with E-state index in [2.05, 4.69) is 17.0 Å². The van der Waals surface area contributed by atoms with E-state index in [-0.39, 0.29) is 6.10 Å². The molecular weight excluding hydrogens is 202 g/mol. The number of aliphatic hydroxyl groups is 1. The summed E-state index contributed by atoms with van der Waals surface area (Å²) in [6.45, 7) is 2.11. The van der Waals surface area contributed by atoms with E-state index in [4.69, 9.17) is 4.74 Å². The molecule has 1 fully saturated rings. The average molecular weight is 221 g/mol. The zero-order valence-corrected chi connectivity index (χ0v) is 9.67. The molecule has 0 bridgehead atoms. The van der Waals surface area contributed by atoms with E-state index in [0.717, 1.165) is 13.0 Å². The quantitative estimate of drug-likeness (QED) is 0.831. The summed E-state index contributed by atoms with van der Waals surface area (Å²) in [5.41, 5.74) is 1.20. The average Bonchev–Trinajstić information content (AvgIpc) is 2.59. The summed E-state index contributed by atoms with van der Waals surface area (Å²) in [6.07, 6.45) is 0.640. The number of ether oxygens (including phenoxy) is 1. The lowest BCUT2D eigenvalue weighted by Gasteiger charge is -2.18. The van der Waals surface area contributed by atoms with Crippen LogP contribution in [0, 0.1) is 0 Å². The maximum absolute atomic E-state index is 9.49. The van der Waals surface area contributed by atoms with Crippen LogP contribution >= 0.6 is 0 Å². The van der Waals surface area contributed by atoms with Crippen LogP contribution < -0.4 is 0 Å². The molecule has 88 valence electrons. The second-order valence-electron chi connectivity index (χ2n) is 4.48. The number of likely N-dealkylation sites (tertiary alicyclic amines) is 1. The van der Waals surface area contributed by atoms with Gasteiger partial charge in [-0.15, -0.1) is 0 Å². The van der Waals surface area contributed by atoms with Gasteiger partial charge in [-0.3, -0.25) is 4.90 Å². The van der Waals surface area contributed by atoms with E-state index < -0.39 is 0 Å². The second-order valence-corrected chi connectivity index (χ2v) is 4.48. The Balaban J connectivity index is 1.72. The first-order valence-corrected chi connectivity index (χ1v) is 5.75. The standard InChI is InChI=1S/C13H19NO2/c1-14-8-13(15)7-12(14)10-16-9-11-5-3-2-4-6-11/h2-6,12-13,15H,7-10H2,1H3/t12-,13+/m1/s1. The molecular formula is C13H19NO2. The number of β-amino-alcohol motifs (C(OH)–C–C–N with tert-alkyl or cyclic N) is 1. The van der Waals surface area contributed by atoms with Crippen LogP contribution in [0.15, 0.2) is 30.3 Å². The van der Waals surface area contributed by atoms with Crippen LogP contribution in [0.5, 0.6) is 0 Å². The Bertz CT molecular complexity index is 315. The molecule has 0 aromatic heterocycles. The molecule has 1 saturated heterocycles. The maximum Gasteiger partial charge on any atom is 0.0717 e. The number of benzene rings is 1. The first-order chi connectivity index (χ1) is 7.75. The lowest BCUT2D eigenvalue weighted by molar-refractivity contribution is 0.0745. The lowest BCUT2D eigenvalue weighted by atomic mass is 10.2. The molecule has 0 unspecified atom stereocenters. The minimum atomic E-state index is -0.185. The fraction of sp³-hybridized carbons (Fsp3) is 0.538. The Morgan fingerprint density at radius 3 is 2.75 bits per heavy atom. The molecule has 1 aliphatic heterocycles. The molecule has 0 amide bonds. The van der Waals surface area contributed by atoms with E-state index in [1.165, 1.54) is 5.56 Å². The molecule has 3 heteroatoms. The summed E-state index contributed by atoms with van der Waals surface area (Å²) < 4.78 is 5.67. The van der Waals surface area contributed by atoms with Crippen molar-refractivity contribution in [3.63, 3.8) is 0 Å². The molecule has 3 nitrogen and oxygen atoms in total. The SMILES string of the molecule is CN1C[C@@H](O)C[C@@H]1COCc1ccccc1. The fourth-order valence-electron chi connectivity index (χ4n) is 2.13. The highest BCUT2D eigenvalue weighted by Gasteiger charge is 2.27. The van der Waals surface area contributed by atoms with Crippen LogP contribution in [0.2, 0.25) is 0 Å². The molecule has 16 heavy (non-hydrogen) atoms. The molecule has 2 rings (SSSR count). The lowest BCUT2D eigenvalue weighted by Crippen LogP contribution is -2.29. The zero-order valence-electron chi connectivity index (χ0n) is 9.67. The van der Waals surface area contributed by atoms with Crippen molar-refractivity contribution in [1.82, 2.24) is 4.90 Å². The highest BCUT2D eigenvalue weighted by Crippen LogP contribution is 2.16. The first kappa shape index (κ1) is 11.6. The van der Waals surface area contributed by atoms with Crippen molar-refractivity contribution in [1.29, 1.82) is 0 Å². The van der Waals surface area contributed by atoms with Crippen LogP contribution in [-0.4, -0.2) is 42.4 Å². The Morgan fingerprint density at radius 2 is 2.12 bits per heavy atom. The molecule has 0 radical (unpaired) electrons. The number of likely N-dealkylation sites (N-methyl/N-ethyl adjacent to an activating group) is 1. The maximum atomic E-state index is 9.49. The molecule has 0 saturated carbocycles. The highest BCUT2D eigenvalue weighted by atomic mass is 16.5. The Labute approximate surface area is 96.6 Å². The van der Waals surface area contributed by atoms with Crippen molar-refractivity contribution in [2.24, 2.45) is 0 Å². The molecule has 0 spiro atoms. The van der Waals surface area contributed by atoms with Gasteiger partial charge in [-0.2, -0.15) is 0 Å². The van der Waals surface area contributed by atoms with E-state index in [1.54, 1.807) is 0 Å². The van der Waals surface area contributed by atoms with E-state index in [1.807, 2.05) is 25.2 Å². The largest absolute Gasteiger partial charge is 0.392 e. The molecule has 1 N–H and O–H groups in total. The monoisotopic (exact) mass is 221 g/mol. The van der Waals surface area contributed by atoms with Gasteiger partial charge >= 0.3 is 0 Å². The third-order valence-corrected chi connectivity index (χ3v) is 3.09. The van der Waals surface area contributed by atoms with Crippen molar-refractivity contribution in [3.8, 4) is 0 Å². The summed E-state index contributed by atoms with van der Waals surface area (Å²) in [4.78, 5) is 2.16. The van der Waals surface area contributed by atoms with Gasteiger partial charge in [-0.05, 0) is 19.0 Å². The van der Waals surface area contributed by atoms with Gasteiger partial charge in [0.05, 0.1) is 19.3 Å². The molecule has 2 atom stereocenters. The van der Waals surface area contributed by atoms with E-state index in [0.29, 0.717) is 19.3 Å². The minimum Gasteiger partial charge on any atom is -0.392 e. The van der Waals surface area contributed by atoms with Gasteiger partial charge in [0.2, 0.25) is 0 Å². The molecule has 0 aliphatic carbocycles. The van der Waals surface area contributed by atoms with Crippen molar-refractivity contribution in [2.45, 2.75) is 25.2 Å². The number of nitrogens with zero attached hydrogens (tertiary/aromatic N) is 1. The van der Waals surface area contributed by atoms with Crippen molar-refractivity contribution < 1.29 is 9.84 Å². The third kappa shape index (κ3) is 3.04. The van der Waals surface area contributed by atoms with E-state index >= 15 is 0 Å². The van der Waals surface area contributed by atoms with Crippen molar-refractivity contribution in [3.05, 3.63) is 35.9 Å². The van der Waals surface area contributed by atoms with Gasteiger partial charge < -0.3 is 9.84 Å².